The quantitative estimate of drug-likeness (QED) is 0.869. The summed E-state index contributed by atoms with van der Waals surface area (Å²) in [6.07, 6.45) is 1.29. The molecule has 4 nitrogen and oxygen atoms in total. The highest BCUT2D eigenvalue weighted by molar-refractivity contribution is 5.60. The number of hydrogen-bond donors (Lipinski definition) is 1. The maximum atomic E-state index is 5.65. The predicted molar refractivity (Wildman–Crippen MR) is 80.7 cm³/mol. The highest BCUT2D eigenvalue weighted by Crippen LogP contribution is 2.34. The van der Waals surface area contributed by atoms with Crippen LogP contribution in [0, 0.1) is 13.8 Å². The summed E-state index contributed by atoms with van der Waals surface area (Å²) in [5, 5.41) is 3.55. The molecule has 1 aromatic carbocycles. The van der Waals surface area contributed by atoms with Crippen LogP contribution < -0.4 is 10.1 Å². The number of methoxy groups -OCH3 is 2. The summed E-state index contributed by atoms with van der Waals surface area (Å²) in [4.78, 5) is 0. The molecule has 0 heterocycles. The van der Waals surface area contributed by atoms with E-state index in [0.29, 0.717) is 6.04 Å². The van der Waals surface area contributed by atoms with Crippen LogP contribution in [-0.2, 0) is 9.47 Å². The maximum absolute atomic E-state index is 5.65. The van der Waals surface area contributed by atoms with Crippen LogP contribution in [0.4, 0.5) is 5.69 Å². The SMILES string of the molecule is CCOC1CC(Nc2ccc(C)c(OC)c2C)C1OC. The van der Waals surface area contributed by atoms with Crippen LogP contribution in [0.25, 0.3) is 0 Å². The summed E-state index contributed by atoms with van der Waals surface area (Å²) in [5.41, 5.74) is 3.40. The predicted octanol–water partition coefficient (Wildman–Crippen LogP) is 2.92. The molecule has 0 saturated heterocycles. The molecular formula is C16H25NO3. The minimum absolute atomic E-state index is 0.113. The van der Waals surface area contributed by atoms with Crippen molar-refractivity contribution in [1.29, 1.82) is 0 Å². The Kier molecular flexibility index (Phi) is 4.89. The Morgan fingerprint density at radius 3 is 2.60 bits per heavy atom. The summed E-state index contributed by atoms with van der Waals surface area (Å²) in [6, 6.07) is 4.48. The van der Waals surface area contributed by atoms with Gasteiger partial charge in [-0.2, -0.15) is 0 Å². The van der Waals surface area contributed by atoms with Crippen LogP contribution in [0.1, 0.15) is 24.5 Å². The summed E-state index contributed by atoms with van der Waals surface area (Å²) in [5.74, 6) is 0.949. The van der Waals surface area contributed by atoms with E-state index in [2.05, 4.69) is 31.3 Å². The Morgan fingerprint density at radius 1 is 1.25 bits per heavy atom. The maximum Gasteiger partial charge on any atom is 0.126 e. The third-order valence-electron chi connectivity index (χ3n) is 4.05. The van der Waals surface area contributed by atoms with Crippen molar-refractivity contribution in [3.05, 3.63) is 23.3 Å². The molecule has 0 radical (unpaired) electrons. The molecule has 1 aliphatic rings. The van der Waals surface area contributed by atoms with Crippen LogP contribution in [0.5, 0.6) is 5.75 Å². The van der Waals surface area contributed by atoms with E-state index in [1.807, 2.05) is 6.92 Å². The molecule has 4 heteroatoms. The van der Waals surface area contributed by atoms with Gasteiger partial charge in [-0.3, -0.25) is 0 Å². The standard InChI is InChI=1S/C16H25NO3/c1-6-20-14-9-13(16(14)19-5)17-12-8-7-10(2)15(18-4)11(12)3/h7-8,13-14,16-17H,6,9H2,1-5H3. The average molecular weight is 279 g/mol. The molecule has 0 spiro atoms. The zero-order valence-electron chi connectivity index (χ0n) is 13.0. The second kappa shape index (κ2) is 6.46. The van der Waals surface area contributed by atoms with Crippen molar-refractivity contribution in [3.8, 4) is 5.75 Å². The molecule has 20 heavy (non-hydrogen) atoms. The fraction of sp³-hybridized carbons (Fsp3) is 0.625. The monoisotopic (exact) mass is 279 g/mol. The van der Waals surface area contributed by atoms with Gasteiger partial charge in [0.15, 0.2) is 0 Å². The third kappa shape index (κ3) is 2.76. The fourth-order valence-electron chi connectivity index (χ4n) is 2.91. The number of anilines is 1. The van der Waals surface area contributed by atoms with Crippen LogP contribution in [0.15, 0.2) is 12.1 Å². The minimum Gasteiger partial charge on any atom is -0.496 e. The number of rotatable bonds is 6. The van der Waals surface area contributed by atoms with Gasteiger partial charge in [0.05, 0.1) is 19.3 Å². The molecule has 0 amide bonds. The summed E-state index contributed by atoms with van der Waals surface area (Å²) < 4.78 is 16.7. The molecule has 1 aliphatic carbocycles. The zero-order chi connectivity index (χ0) is 14.7. The van der Waals surface area contributed by atoms with Gasteiger partial charge in [-0.05, 0) is 38.8 Å². The molecule has 112 valence electrons. The molecule has 0 aliphatic heterocycles. The molecule has 1 saturated carbocycles. The highest BCUT2D eigenvalue weighted by atomic mass is 16.5. The van der Waals surface area contributed by atoms with Crippen molar-refractivity contribution in [2.75, 3.05) is 26.1 Å². The van der Waals surface area contributed by atoms with Crippen LogP contribution in [-0.4, -0.2) is 39.1 Å². The second-order valence-electron chi connectivity index (χ2n) is 5.27. The van der Waals surface area contributed by atoms with Gasteiger partial charge in [-0.25, -0.2) is 0 Å². The first kappa shape index (κ1) is 15.1. The van der Waals surface area contributed by atoms with E-state index in [4.69, 9.17) is 14.2 Å². The first-order chi connectivity index (χ1) is 9.62. The average Bonchev–Trinajstić information content (AvgIpc) is 2.41. The van der Waals surface area contributed by atoms with Gasteiger partial charge in [0.1, 0.15) is 11.9 Å². The van der Waals surface area contributed by atoms with E-state index < -0.39 is 0 Å². The Balaban J connectivity index is 2.08. The smallest absolute Gasteiger partial charge is 0.126 e. The molecule has 0 bridgehead atoms. The Hall–Kier alpha value is -1.26. The number of benzene rings is 1. The van der Waals surface area contributed by atoms with Gasteiger partial charge in [-0.15, -0.1) is 0 Å². The molecule has 1 fully saturated rings. The lowest BCUT2D eigenvalue weighted by Gasteiger charge is -2.44. The number of aryl methyl sites for hydroxylation is 1. The number of nitrogens with one attached hydrogen (secondary N) is 1. The topological polar surface area (TPSA) is 39.7 Å². The molecule has 3 atom stereocenters. The van der Waals surface area contributed by atoms with Gasteiger partial charge in [0.2, 0.25) is 0 Å². The zero-order valence-corrected chi connectivity index (χ0v) is 13.0. The second-order valence-corrected chi connectivity index (χ2v) is 5.27. The van der Waals surface area contributed by atoms with E-state index >= 15 is 0 Å². The first-order valence-electron chi connectivity index (χ1n) is 7.17. The number of ether oxygens (including phenoxy) is 3. The van der Waals surface area contributed by atoms with Crippen molar-refractivity contribution >= 4 is 5.69 Å². The Morgan fingerprint density at radius 2 is 2.00 bits per heavy atom. The number of hydrogen-bond acceptors (Lipinski definition) is 4. The van der Waals surface area contributed by atoms with Crippen molar-refractivity contribution < 1.29 is 14.2 Å². The molecule has 0 aromatic heterocycles. The van der Waals surface area contributed by atoms with Crippen LogP contribution in [0.3, 0.4) is 0 Å². The summed E-state index contributed by atoms with van der Waals surface area (Å²) in [6.45, 7) is 6.88. The lowest BCUT2D eigenvalue weighted by atomic mass is 9.84. The van der Waals surface area contributed by atoms with Gasteiger partial charge in [0.25, 0.3) is 0 Å². The lowest BCUT2D eigenvalue weighted by molar-refractivity contribution is -0.118. The molecule has 2 rings (SSSR count). The third-order valence-corrected chi connectivity index (χ3v) is 4.05. The molecule has 1 N–H and O–H groups in total. The van der Waals surface area contributed by atoms with E-state index in [0.717, 1.165) is 35.6 Å². The molecule has 3 unspecified atom stereocenters. The van der Waals surface area contributed by atoms with Crippen molar-refractivity contribution in [2.45, 2.75) is 45.4 Å². The lowest BCUT2D eigenvalue weighted by Crippen LogP contribution is -2.56. The first-order valence-corrected chi connectivity index (χ1v) is 7.17. The van der Waals surface area contributed by atoms with Gasteiger partial charge in [0, 0.05) is 25.0 Å². The molecular weight excluding hydrogens is 254 g/mol. The minimum atomic E-state index is 0.113. The van der Waals surface area contributed by atoms with E-state index in [1.165, 1.54) is 0 Å². The summed E-state index contributed by atoms with van der Waals surface area (Å²) >= 11 is 0. The normalized spacial score (nSPS) is 25.1. The van der Waals surface area contributed by atoms with Gasteiger partial charge >= 0.3 is 0 Å². The van der Waals surface area contributed by atoms with Gasteiger partial charge < -0.3 is 19.5 Å². The summed E-state index contributed by atoms with van der Waals surface area (Å²) in [7, 11) is 3.46. The van der Waals surface area contributed by atoms with Crippen molar-refractivity contribution in [1.82, 2.24) is 0 Å². The molecule has 1 aromatic rings. The van der Waals surface area contributed by atoms with E-state index in [9.17, 15) is 0 Å². The highest BCUT2D eigenvalue weighted by Gasteiger charge is 2.42. The Bertz CT molecular complexity index is 461. The van der Waals surface area contributed by atoms with Gasteiger partial charge in [-0.1, -0.05) is 6.07 Å². The van der Waals surface area contributed by atoms with Crippen LogP contribution in [0.2, 0.25) is 0 Å². The fourth-order valence-corrected chi connectivity index (χ4v) is 2.91. The van der Waals surface area contributed by atoms with Crippen molar-refractivity contribution in [3.63, 3.8) is 0 Å². The van der Waals surface area contributed by atoms with Crippen molar-refractivity contribution in [2.24, 2.45) is 0 Å². The Labute approximate surface area is 121 Å². The van der Waals surface area contributed by atoms with E-state index in [1.54, 1.807) is 14.2 Å². The van der Waals surface area contributed by atoms with E-state index in [-0.39, 0.29) is 12.2 Å². The largest absolute Gasteiger partial charge is 0.496 e. The van der Waals surface area contributed by atoms with Crippen LogP contribution >= 0.6 is 0 Å².